The molecule has 0 aliphatic carbocycles. The number of methoxy groups -OCH3 is 1. The van der Waals surface area contributed by atoms with E-state index in [1.54, 1.807) is 12.1 Å². The van der Waals surface area contributed by atoms with Crippen LogP contribution in [0.2, 0.25) is 0 Å². The summed E-state index contributed by atoms with van der Waals surface area (Å²) >= 11 is 6.05. The van der Waals surface area contributed by atoms with Crippen molar-refractivity contribution in [3.8, 4) is 0 Å². The Bertz CT molecular complexity index is 832. The SMILES string of the molecule is COC(=O)c1ccc(/C=C2/SC(=S)N([C@@H](CCC(=O)O)C(=O)O)C2=O)cc1. The Labute approximate surface area is 163 Å². The molecule has 1 amide bonds. The number of carboxylic acids is 2. The van der Waals surface area contributed by atoms with Crippen molar-refractivity contribution in [1.82, 2.24) is 4.90 Å². The molecule has 0 spiro atoms. The van der Waals surface area contributed by atoms with Gasteiger partial charge in [0.15, 0.2) is 0 Å². The van der Waals surface area contributed by atoms with Crippen molar-refractivity contribution in [2.45, 2.75) is 18.9 Å². The fourth-order valence-electron chi connectivity index (χ4n) is 2.36. The zero-order chi connectivity index (χ0) is 20.1. The Morgan fingerprint density at radius 1 is 1.26 bits per heavy atom. The lowest BCUT2D eigenvalue weighted by atomic mass is 10.1. The van der Waals surface area contributed by atoms with E-state index in [0.29, 0.717) is 11.1 Å². The molecule has 1 heterocycles. The lowest BCUT2D eigenvalue weighted by Gasteiger charge is -2.22. The lowest BCUT2D eigenvalue weighted by Crippen LogP contribution is -2.44. The van der Waals surface area contributed by atoms with Gasteiger partial charge in [-0.1, -0.05) is 36.1 Å². The molecule has 2 N–H and O–H groups in total. The number of carbonyl (C=O) groups excluding carboxylic acids is 2. The summed E-state index contributed by atoms with van der Waals surface area (Å²) < 4.78 is 4.66. The van der Waals surface area contributed by atoms with E-state index in [9.17, 15) is 24.3 Å². The van der Waals surface area contributed by atoms with Crippen molar-refractivity contribution in [2.24, 2.45) is 0 Å². The number of hydrogen-bond donors (Lipinski definition) is 2. The summed E-state index contributed by atoms with van der Waals surface area (Å²) in [4.78, 5) is 47.4. The topological polar surface area (TPSA) is 121 Å². The van der Waals surface area contributed by atoms with Crippen LogP contribution in [0.5, 0.6) is 0 Å². The molecule has 1 aromatic carbocycles. The van der Waals surface area contributed by atoms with E-state index < -0.39 is 36.3 Å². The summed E-state index contributed by atoms with van der Waals surface area (Å²) in [5.74, 6) is -3.57. The minimum absolute atomic E-state index is 0.0511. The summed E-state index contributed by atoms with van der Waals surface area (Å²) in [6.45, 7) is 0. The maximum atomic E-state index is 12.6. The van der Waals surface area contributed by atoms with Gasteiger partial charge in [-0.15, -0.1) is 0 Å². The molecule has 8 nitrogen and oxygen atoms in total. The molecule has 0 radical (unpaired) electrons. The van der Waals surface area contributed by atoms with Gasteiger partial charge < -0.3 is 14.9 Å². The molecule has 142 valence electrons. The van der Waals surface area contributed by atoms with Gasteiger partial charge in [0.05, 0.1) is 17.6 Å². The molecule has 10 heteroatoms. The molecule has 1 saturated heterocycles. The van der Waals surface area contributed by atoms with E-state index in [0.717, 1.165) is 16.7 Å². The van der Waals surface area contributed by atoms with E-state index in [2.05, 4.69) is 4.74 Å². The summed E-state index contributed by atoms with van der Waals surface area (Å²) in [5, 5.41) is 18.1. The first-order chi connectivity index (χ1) is 12.7. The second-order valence-electron chi connectivity index (χ2n) is 5.45. The molecular weight excluding hydrogens is 394 g/mol. The molecule has 0 unspecified atom stereocenters. The van der Waals surface area contributed by atoms with Crippen molar-refractivity contribution < 1.29 is 34.1 Å². The number of hydrogen-bond acceptors (Lipinski definition) is 7. The normalized spacial score (nSPS) is 16.5. The molecule has 1 aliphatic rings. The first-order valence-electron chi connectivity index (χ1n) is 7.64. The van der Waals surface area contributed by atoms with Gasteiger partial charge in [-0.05, 0) is 30.2 Å². The predicted molar refractivity (Wildman–Crippen MR) is 101 cm³/mol. The fraction of sp³-hybridized carbons (Fsp3) is 0.235. The van der Waals surface area contributed by atoms with Crippen LogP contribution in [0.15, 0.2) is 29.2 Å². The average molecular weight is 409 g/mol. The van der Waals surface area contributed by atoms with E-state index in [1.165, 1.54) is 25.3 Å². The molecule has 1 atom stereocenters. The highest BCUT2D eigenvalue weighted by Crippen LogP contribution is 2.35. The first kappa shape index (κ1) is 20.6. The zero-order valence-electron chi connectivity index (χ0n) is 14.1. The number of esters is 1. The number of nitrogens with zero attached hydrogens (tertiary/aromatic N) is 1. The van der Waals surface area contributed by atoms with Crippen LogP contribution < -0.4 is 0 Å². The second kappa shape index (κ2) is 8.78. The van der Waals surface area contributed by atoms with Gasteiger partial charge in [-0.25, -0.2) is 9.59 Å². The number of thioether (sulfide) groups is 1. The standard InChI is InChI=1S/C17H15NO7S2/c1-25-16(24)10-4-2-9(3-5-10)8-12-14(21)18(17(26)27-12)11(15(22)23)6-7-13(19)20/h2-5,8,11H,6-7H2,1H3,(H,19,20)(H,22,23)/b12-8+/t11-/m0/s1. The van der Waals surface area contributed by atoms with Gasteiger partial charge in [0, 0.05) is 6.42 Å². The number of carboxylic acid groups (broad SMARTS) is 2. The van der Waals surface area contributed by atoms with E-state index in [-0.39, 0.29) is 15.6 Å². The van der Waals surface area contributed by atoms with Crippen LogP contribution in [0.1, 0.15) is 28.8 Å². The van der Waals surface area contributed by atoms with Crippen molar-refractivity contribution in [3.05, 3.63) is 40.3 Å². The third-order valence-corrected chi connectivity index (χ3v) is 5.01. The van der Waals surface area contributed by atoms with E-state index >= 15 is 0 Å². The lowest BCUT2D eigenvalue weighted by molar-refractivity contribution is -0.146. The van der Waals surface area contributed by atoms with Crippen LogP contribution in [0.4, 0.5) is 0 Å². The minimum atomic E-state index is -1.35. The highest BCUT2D eigenvalue weighted by Gasteiger charge is 2.40. The second-order valence-corrected chi connectivity index (χ2v) is 7.13. The minimum Gasteiger partial charge on any atom is -0.481 e. The predicted octanol–water partition coefficient (Wildman–Crippen LogP) is 1.99. The number of rotatable bonds is 7. The van der Waals surface area contributed by atoms with Gasteiger partial charge in [0.25, 0.3) is 5.91 Å². The maximum Gasteiger partial charge on any atom is 0.337 e. The van der Waals surface area contributed by atoms with Crippen molar-refractivity contribution in [1.29, 1.82) is 0 Å². The smallest absolute Gasteiger partial charge is 0.337 e. The summed E-state index contributed by atoms with van der Waals surface area (Å²) in [7, 11) is 1.27. The highest BCUT2D eigenvalue weighted by atomic mass is 32.2. The Morgan fingerprint density at radius 2 is 1.89 bits per heavy atom. The van der Waals surface area contributed by atoms with Crippen LogP contribution in [-0.2, 0) is 19.1 Å². The van der Waals surface area contributed by atoms with Gasteiger partial charge in [0.1, 0.15) is 10.4 Å². The molecule has 0 saturated carbocycles. The van der Waals surface area contributed by atoms with E-state index in [4.69, 9.17) is 17.3 Å². The highest BCUT2D eigenvalue weighted by molar-refractivity contribution is 8.26. The Hall–Kier alpha value is -2.72. The van der Waals surface area contributed by atoms with Crippen molar-refractivity contribution in [2.75, 3.05) is 7.11 Å². The summed E-state index contributed by atoms with van der Waals surface area (Å²) in [6.07, 6.45) is 0.872. The Morgan fingerprint density at radius 3 is 2.41 bits per heavy atom. The van der Waals surface area contributed by atoms with Crippen LogP contribution in [0.3, 0.4) is 0 Å². The average Bonchev–Trinajstić information content (AvgIpc) is 2.89. The molecule has 1 fully saturated rings. The molecule has 0 aromatic heterocycles. The van der Waals surface area contributed by atoms with Crippen LogP contribution in [0.25, 0.3) is 6.08 Å². The fourth-order valence-corrected chi connectivity index (χ4v) is 3.71. The van der Waals surface area contributed by atoms with Gasteiger partial charge in [-0.2, -0.15) is 0 Å². The molecule has 2 rings (SSSR count). The maximum absolute atomic E-state index is 12.6. The number of aliphatic carboxylic acids is 2. The summed E-state index contributed by atoms with van der Waals surface area (Å²) in [5.41, 5.74) is 0.961. The van der Waals surface area contributed by atoms with E-state index in [1.807, 2.05) is 0 Å². The molecule has 1 aromatic rings. The first-order valence-corrected chi connectivity index (χ1v) is 8.87. The van der Waals surface area contributed by atoms with Crippen LogP contribution in [0, 0.1) is 0 Å². The summed E-state index contributed by atoms with van der Waals surface area (Å²) in [6, 6.07) is 4.94. The van der Waals surface area contributed by atoms with Crippen LogP contribution >= 0.6 is 24.0 Å². The number of amides is 1. The Balaban J connectivity index is 2.23. The van der Waals surface area contributed by atoms with Gasteiger partial charge in [-0.3, -0.25) is 14.5 Å². The quantitative estimate of drug-likeness (QED) is 0.395. The van der Waals surface area contributed by atoms with Crippen molar-refractivity contribution >= 4 is 58.2 Å². The van der Waals surface area contributed by atoms with Crippen LogP contribution in [-0.4, -0.2) is 56.4 Å². The Kier molecular flexibility index (Phi) is 6.70. The molecular formula is C17H15NO7S2. The number of carbonyl (C=O) groups is 4. The van der Waals surface area contributed by atoms with Gasteiger partial charge in [0.2, 0.25) is 0 Å². The molecule has 1 aliphatic heterocycles. The third-order valence-electron chi connectivity index (χ3n) is 3.68. The number of thiocarbonyl (C=S) groups is 1. The largest absolute Gasteiger partial charge is 0.481 e. The number of ether oxygens (including phenoxy) is 1. The number of benzene rings is 1. The zero-order valence-corrected chi connectivity index (χ0v) is 15.7. The third kappa shape index (κ3) is 4.92. The molecule has 27 heavy (non-hydrogen) atoms. The van der Waals surface area contributed by atoms with Crippen molar-refractivity contribution in [3.63, 3.8) is 0 Å². The molecule has 0 bridgehead atoms. The van der Waals surface area contributed by atoms with Gasteiger partial charge >= 0.3 is 17.9 Å². The monoisotopic (exact) mass is 409 g/mol.